The van der Waals surface area contributed by atoms with Crippen molar-refractivity contribution in [2.24, 2.45) is 0 Å². The zero-order valence-electron chi connectivity index (χ0n) is 6.66. The molecular formula is C9H11NO2. The van der Waals surface area contributed by atoms with Crippen LogP contribution < -0.4 is 10.1 Å². The summed E-state index contributed by atoms with van der Waals surface area (Å²) >= 11 is 0. The van der Waals surface area contributed by atoms with Crippen LogP contribution in [0.4, 0.5) is 0 Å². The highest BCUT2D eigenvalue weighted by atomic mass is 16.5. The number of fused-ring (bicyclic) bond motifs is 1. The smallest absolute Gasteiger partial charge is 0.139 e. The van der Waals surface area contributed by atoms with Gasteiger partial charge in [-0.25, -0.2) is 0 Å². The van der Waals surface area contributed by atoms with E-state index in [4.69, 9.17) is 4.74 Å². The molecule has 1 heterocycles. The maximum absolute atomic E-state index is 9.23. The SMILES string of the molecule is OC1COc2ccccc2CN1. The molecule has 1 unspecified atom stereocenters. The standard InChI is InChI=1S/C9H11NO2/c11-9-6-12-8-4-2-1-3-7(8)5-10-9/h1-4,9-11H,5-6H2. The fraction of sp³-hybridized carbons (Fsp3) is 0.333. The van der Waals surface area contributed by atoms with Crippen molar-refractivity contribution >= 4 is 0 Å². The number of aliphatic hydroxyl groups excluding tert-OH is 1. The molecule has 0 bridgehead atoms. The van der Waals surface area contributed by atoms with Gasteiger partial charge in [0.25, 0.3) is 0 Å². The fourth-order valence-electron chi connectivity index (χ4n) is 1.25. The highest BCUT2D eigenvalue weighted by Gasteiger charge is 2.12. The first kappa shape index (κ1) is 7.58. The van der Waals surface area contributed by atoms with Crippen molar-refractivity contribution in [2.45, 2.75) is 12.8 Å². The first-order valence-corrected chi connectivity index (χ1v) is 3.98. The summed E-state index contributed by atoms with van der Waals surface area (Å²) in [5.41, 5.74) is 1.09. The van der Waals surface area contributed by atoms with Gasteiger partial charge >= 0.3 is 0 Å². The second-order valence-electron chi connectivity index (χ2n) is 2.82. The molecule has 3 nitrogen and oxygen atoms in total. The van der Waals surface area contributed by atoms with Crippen LogP contribution in [0.25, 0.3) is 0 Å². The fourth-order valence-corrected chi connectivity index (χ4v) is 1.25. The van der Waals surface area contributed by atoms with Gasteiger partial charge in [-0.05, 0) is 6.07 Å². The van der Waals surface area contributed by atoms with Crippen LogP contribution in [0.2, 0.25) is 0 Å². The Balaban J connectivity index is 2.26. The maximum atomic E-state index is 9.23. The van der Waals surface area contributed by atoms with Gasteiger partial charge in [-0.1, -0.05) is 18.2 Å². The minimum Gasteiger partial charge on any atom is -0.489 e. The minimum absolute atomic E-state index is 0.316. The van der Waals surface area contributed by atoms with Gasteiger partial charge in [0, 0.05) is 12.1 Å². The van der Waals surface area contributed by atoms with Crippen molar-refractivity contribution in [3.63, 3.8) is 0 Å². The molecule has 1 aromatic rings. The zero-order valence-corrected chi connectivity index (χ0v) is 6.66. The Morgan fingerprint density at radius 1 is 1.42 bits per heavy atom. The van der Waals surface area contributed by atoms with Gasteiger partial charge in [-0.15, -0.1) is 0 Å². The summed E-state index contributed by atoms with van der Waals surface area (Å²) in [5, 5.41) is 12.2. The van der Waals surface area contributed by atoms with Gasteiger partial charge in [0.2, 0.25) is 0 Å². The van der Waals surface area contributed by atoms with Gasteiger partial charge in [0.05, 0.1) is 0 Å². The summed E-state index contributed by atoms with van der Waals surface area (Å²) in [6, 6.07) is 7.79. The lowest BCUT2D eigenvalue weighted by atomic mass is 10.2. The average Bonchev–Trinajstić information content (AvgIpc) is 2.29. The van der Waals surface area contributed by atoms with E-state index < -0.39 is 6.23 Å². The molecular weight excluding hydrogens is 154 g/mol. The molecule has 2 rings (SSSR count). The second-order valence-corrected chi connectivity index (χ2v) is 2.82. The Kier molecular flexibility index (Phi) is 1.98. The predicted octanol–water partition coefficient (Wildman–Crippen LogP) is 0.487. The van der Waals surface area contributed by atoms with Crippen molar-refractivity contribution < 1.29 is 9.84 Å². The molecule has 2 N–H and O–H groups in total. The van der Waals surface area contributed by atoms with E-state index in [1.807, 2.05) is 24.3 Å². The third-order valence-corrected chi connectivity index (χ3v) is 1.90. The molecule has 1 aliphatic heterocycles. The Labute approximate surface area is 71.0 Å². The Morgan fingerprint density at radius 2 is 2.25 bits per heavy atom. The molecule has 0 amide bonds. The molecule has 1 aliphatic rings. The molecule has 0 fully saturated rings. The molecule has 0 saturated carbocycles. The molecule has 0 spiro atoms. The summed E-state index contributed by atoms with van der Waals surface area (Å²) in [6.45, 7) is 0.981. The molecule has 12 heavy (non-hydrogen) atoms. The third kappa shape index (κ3) is 1.42. The van der Waals surface area contributed by atoms with Gasteiger partial charge < -0.3 is 9.84 Å². The van der Waals surface area contributed by atoms with Crippen molar-refractivity contribution in [2.75, 3.05) is 6.61 Å². The number of para-hydroxylation sites is 1. The van der Waals surface area contributed by atoms with E-state index >= 15 is 0 Å². The lowest BCUT2D eigenvalue weighted by Crippen LogP contribution is -2.31. The minimum atomic E-state index is -0.558. The molecule has 0 aromatic heterocycles. The number of rotatable bonds is 0. The van der Waals surface area contributed by atoms with Crippen LogP contribution in [-0.4, -0.2) is 17.9 Å². The number of ether oxygens (including phenoxy) is 1. The third-order valence-electron chi connectivity index (χ3n) is 1.90. The van der Waals surface area contributed by atoms with Gasteiger partial charge in [0.15, 0.2) is 0 Å². The Bertz CT molecular complexity index is 248. The quantitative estimate of drug-likeness (QED) is 0.587. The normalized spacial score (nSPS) is 22.2. The van der Waals surface area contributed by atoms with Crippen molar-refractivity contribution in [1.82, 2.24) is 5.32 Å². The van der Waals surface area contributed by atoms with Crippen molar-refractivity contribution in [3.05, 3.63) is 29.8 Å². The predicted molar refractivity (Wildman–Crippen MR) is 44.8 cm³/mol. The number of hydrogen-bond acceptors (Lipinski definition) is 3. The Hall–Kier alpha value is -1.06. The van der Waals surface area contributed by atoms with Crippen LogP contribution in [0.3, 0.4) is 0 Å². The molecule has 1 aromatic carbocycles. The van der Waals surface area contributed by atoms with Crippen LogP contribution in [0.1, 0.15) is 5.56 Å². The van der Waals surface area contributed by atoms with Crippen molar-refractivity contribution in [1.29, 1.82) is 0 Å². The molecule has 3 heteroatoms. The van der Waals surface area contributed by atoms with Gasteiger partial charge in [-0.3, -0.25) is 5.32 Å². The van der Waals surface area contributed by atoms with E-state index in [2.05, 4.69) is 5.32 Å². The number of hydrogen-bond donors (Lipinski definition) is 2. The first-order valence-electron chi connectivity index (χ1n) is 3.98. The summed E-state index contributed by atoms with van der Waals surface area (Å²) in [6.07, 6.45) is -0.558. The second kappa shape index (κ2) is 3.13. The summed E-state index contributed by atoms with van der Waals surface area (Å²) in [5.74, 6) is 0.863. The Morgan fingerprint density at radius 3 is 3.17 bits per heavy atom. The largest absolute Gasteiger partial charge is 0.489 e. The monoisotopic (exact) mass is 165 g/mol. The molecule has 0 aliphatic carbocycles. The van der Waals surface area contributed by atoms with E-state index in [1.54, 1.807) is 0 Å². The van der Waals surface area contributed by atoms with Crippen LogP contribution in [0.15, 0.2) is 24.3 Å². The van der Waals surface area contributed by atoms with E-state index in [0.29, 0.717) is 13.2 Å². The lowest BCUT2D eigenvalue weighted by Gasteiger charge is -2.06. The summed E-state index contributed by atoms with van der Waals surface area (Å²) < 4.78 is 5.35. The zero-order chi connectivity index (χ0) is 8.39. The molecule has 64 valence electrons. The van der Waals surface area contributed by atoms with Gasteiger partial charge in [-0.2, -0.15) is 0 Å². The van der Waals surface area contributed by atoms with Crippen LogP contribution in [0.5, 0.6) is 5.75 Å². The lowest BCUT2D eigenvalue weighted by molar-refractivity contribution is 0.0856. The highest BCUT2D eigenvalue weighted by Crippen LogP contribution is 2.19. The summed E-state index contributed by atoms with van der Waals surface area (Å²) in [7, 11) is 0. The van der Waals surface area contributed by atoms with Gasteiger partial charge in [0.1, 0.15) is 18.6 Å². The molecule has 1 atom stereocenters. The topological polar surface area (TPSA) is 41.5 Å². The van der Waals surface area contributed by atoms with Crippen LogP contribution in [0, 0.1) is 0 Å². The average molecular weight is 165 g/mol. The van der Waals surface area contributed by atoms with Crippen LogP contribution >= 0.6 is 0 Å². The number of aliphatic hydroxyl groups is 1. The molecule has 0 radical (unpaired) electrons. The molecule has 0 saturated heterocycles. The van der Waals surface area contributed by atoms with Crippen molar-refractivity contribution in [3.8, 4) is 5.75 Å². The van der Waals surface area contributed by atoms with E-state index in [1.165, 1.54) is 0 Å². The van der Waals surface area contributed by atoms with E-state index in [-0.39, 0.29) is 0 Å². The summed E-state index contributed by atoms with van der Waals surface area (Å²) in [4.78, 5) is 0. The maximum Gasteiger partial charge on any atom is 0.139 e. The highest BCUT2D eigenvalue weighted by molar-refractivity contribution is 5.33. The van der Waals surface area contributed by atoms with Crippen LogP contribution in [-0.2, 0) is 6.54 Å². The van der Waals surface area contributed by atoms with E-state index in [9.17, 15) is 5.11 Å². The number of benzene rings is 1. The number of nitrogens with one attached hydrogen (secondary N) is 1. The first-order chi connectivity index (χ1) is 5.86. The van der Waals surface area contributed by atoms with E-state index in [0.717, 1.165) is 11.3 Å².